The molecule has 0 saturated heterocycles. The topological polar surface area (TPSA) is 38.7 Å². The van der Waals surface area contributed by atoms with Crippen LogP contribution in [0.15, 0.2) is 128 Å². The second-order valence-electron chi connectivity index (χ2n) is 8.92. The highest BCUT2D eigenvalue weighted by Gasteiger charge is 2.15. The van der Waals surface area contributed by atoms with E-state index in [1.165, 1.54) is 16.2 Å². The Balaban J connectivity index is 1.50. The van der Waals surface area contributed by atoms with Crippen LogP contribution in [-0.4, -0.2) is 15.0 Å². The predicted molar refractivity (Wildman–Crippen MR) is 149 cm³/mol. The minimum Gasteiger partial charge on any atom is -0.264 e. The number of rotatable bonds is 3. The first-order valence-electron chi connectivity index (χ1n) is 12.0. The van der Waals surface area contributed by atoms with Crippen molar-refractivity contribution in [1.82, 2.24) is 15.0 Å². The summed E-state index contributed by atoms with van der Waals surface area (Å²) in [5.74, 6) is 0.722. The monoisotopic (exact) mass is 459 g/mol. The molecule has 0 bridgehead atoms. The Morgan fingerprint density at radius 1 is 0.444 bits per heavy atom. The largest absolute Gasteiger partial charge is 0.264 e. The predicted octanol–water partition coefficient (Wildman–Crippen LogP) is 8.33. The van der Waals surface area contributed by atoms with Gasteiger partial charge in [0.1, 0.15) is 0 Å². The van der Waals surface area contributed by atoms with E-state index in [4.69, 9.17) is 9.97 Å². The molecule has 0 amide bonds. The third-order valence-electron chi connectivity index (χ3n) is 6.77. The van der Waals surface area contributed by atoms with E-state index >= 15 is 0 Å². The number of hydrogen-bond donors (Lipinski definition) is 0. The van der Waals surface area contributed by atoms with Gasteiger partial charge in [-0.3, -0.25) is 4.98 Å². The van der Waals surface area contributed by atoms with E-state index < -0.39 is 0 Å². The van der Waals surface area contributed by atoms with E-state index in [1.54, 1.807) is 6.20 Å². The van der Waals surface area contributed by atoms with Crippen LogP contribution in [0.1, 0.15) is 0 Å². The van der Waals surface area contributed by atoms with Gasteiger partial charge in [0.15, 0.2) is 5.82 Å². The van der Waals surface area contributed by atoms with Gasteiger partial charge in [-0.2, -0.15) is 0 Å². The van der Waals surface area contributed by atoms with E-state index in [0.29, 0.717) is 0 Å². The molecule has 3 heteroatoms. The number of hydrogen-bond acceptors (Lipinski definition) is 3. The van der Waals surface area contributed by atoms with Gasteiger partial charge >= 0.3 is 0 Å². The molecule has 0 unspecified atom stereocenters. The first kappa shape index (κ1) is 20.5. The number of aromatic nitrogens is 3. The summed E-state index contributed by atoms with van der Waals surface area (Å²) in [6.07, 6.45) is 3.67. The highest BCUT2D eigenvalue weighted by molar-refractivity contribution is 6.12. The first-order chi connectivity index (χ1) is 17.8. The number of nitrogens with zero attached hydrogens (tertiary/aromatic N) is 3. The molecule has 2 aromatic heterocycles. The van der Waals surface area contributed by atoms with Crippen molar-refractivity contribution < 1.29 is 0 Å². The summed E-state index contributed by atoms with van der Waals surface area (Å²) in [7, 11) is 0. The minimum atomic E-state index is 0.722. The zero-order valence-corrected chi connectivity index (χ0v) is 19.5. The van der Waals surface area contributed by atoms with E-state index in [0.717, 1.165) is 50.1 Å². The van der Waals surface area contributed by atoms with E-state index in [1.807, 2.05) is 12.3 Å². The summed E-state index contributed by atoms with van der Waals surface area (Å²) < 4.78 is 0. The summed E-state index contributed by atoms with van der Waals surface area (Å²) in [6.45, 7) is 0. The van der Waals surface area contributed by atoms with Crippen LogP contribution in [0.25, 0.3) is 66.2 Å². The Morgan fingerprint density at radius 2 is 1.17 bits per heavy atom. The molecule has 5 aromatic carbocycles. The van der Waals surface area contributed by atoms with Gasteiger partial charge in [0, 0.05) is 34.3 Å². The molecule has 0 spiro atoms. The van der Waals surface area contributed by atoms with Crippen LogP contribution in [0.3, 0.4) is 0 Å². The van der Waals surface area contributed by atoms with Gasteiger partial charge in [0.25, 0.3) is 0 Å². The normalized spacial score (nSPS) is 11.3. The third-order valence-corrected chi connectivity index (χ3v) is 6.77. The highest BCUT2D eigenvalue weighted by Crippen LogP contribution is 2.36. The van der Waals surface area contributed by atoms with Crippen LogP contribution < -0.4 is 0 Å². The van der Waals surface area contributed by atoms with Gasteiger partial charge in [-0.15, -0.1) is 0 Å². The van der Waals surface area contributed by atoms with Crippen molar-refractivity contribution in [2.45, 2.75) is 0 Å². The molecule has 0 radical (unpaired) electrons. The summed E-state index contributed by atoms with van der Waals surface area (Å²) in [6, 6.07) is 40.1. The van der Waals surface area contributed by atoms with Crippen molar-refractivity contribution in [3.63, 3.8) is 0 Å². The first-order valence-corrected chi connectivity index (χ1v) is 12.0. The fourth-order valence-corrected chi connectivity index (χ4v) is 4.98. The molecule has 0 aliphatic carbocycles. The fourth-order valence-electron chi connectivity index (χ4n) is 4.98. The lowest BCUT2D eigenvalue weighted by Crippen LogP contribution is -1.96. The second kappa shape index (κ2) is 8.40. The van der Waals surface area contributed by atoms with Crippen LogP contribution in [0.2, 0.25) is 0 Å². The average molecular weight is 460 g/mol. The van der Waals surface area contributed by atoms with Gasteiger partial charge in [0.05, 0.1) is 11.2 Å². The van der Waals surface area contributed by atoms with Gasteiger partial charge in [-0.1, -0.05) is 103 Å². The fraction of sp³-hybridized carbons (Fsp3) is 0. The number of fused-ring (bicyclic) bond motifs is 4. The SMILES string of the molecule is c1cncc(-c2ccc(-c3nc(-c4cccc5ccccc45)c4ccc5ccccc5c4n3)cc2)c1. The van der Waals surface area contributed by atoms with Crippen LogP contribution in [0.5, 0.6) is 0 Å². The lowest BCUT2D eigenvalue weighted by Gasteiger charge is -2.13. The Hall–Kier alpha value is -4.89. The van der Waals surface area contributed by atoms with Crippen molar-refractivity contribution in [2.75, 3.05) is 0 Å². The smallest absolute Gasteiger partial charge is 0.160 e. The summed E-state index contributed by atoms with van der Waals surface area (Å²) in [4.78, 5) is 14.5. The van der Waals surface area contributed by atoms with Crippen molar-refractivity contribution in [1.29, 1.82) is 0 Å². The van der Waals surface area contributed by atoms with Gasteiger partial charge in [-0.05, 0) is 39.4 Å². The molecule has 0 fully saturated rings. The summed E-state index contributed by atoms with van der Waals surface area (Å²) in [5, 5.41) is 5.74. The van der Waals surface area contributed by atoms with Crippen molar-refractivity contribution in [3.05, 3.63) is 128 Å². The summed E-state index contributed by atoms with van der Waals surface area (Å²) >= 11 is 0. The van der Waals surface area contributed by atoms with Crippen molar-refractivity contribution >= 4 is 32.4 Å². The molecular weight excluding hydrogens is 438 g/mol. The maximum Gasteiger partial charge on any atom is 0.160 e. The molecule has 0 N–H and O–H groups in total. The van der Waals surface area contributed by atoms with E-state index in [9.17, 15) is 0 Å². The van der Waals surface area contributed by atoms with E-state index in [2.05, 4.69) is 114 Å². The van der Waals surface area contributed by atoms with Crippen LogP contribution in [0, 0.1) is 0 Å². The molecule has 7 aromatic rings. The van der Waals surface area contributed by atoms with E-state index in [-0.39, 0.29) is 0 Å². The minimum absolute atomic E-state index is 0.722. The van der Waals surface area contributed by atoms with Crippen LogP contribution >= 0.6 is 0 Å². The Morgan fingerprint density at radius 3 is 1.97 bits per heavy atom. The maximum atomic E-state index is 5.18. The average Bonchev–Trinajstić information content (AvgIpc) is 2.97. The highest BCUT2D eigenvalue weighted by atomic mass is 14.9. The molecule has 168 valence electrons. The van der Waals surface area contributed by atoms with Crippen LogP contribution in [-0.2, 0) is 0 Å². The molecule has 0 atom stereocenters. The Bertz CT molecular complexity index is 1870. The van der Waals surface area contributed by atoms with Crippen LogP contribution in [0.4, 0.5) is 0 Å². The van der Waals surface area contributed by atoms with Crippen molar-refractivity contribution in [3.8, 4) is 33.8 Å². The molecule has 0 aliphatic heterocycles. The zero-order chi connectivity index (χ0) is 23.9. The Labute approximate surface area is 208 Å². The standard InChI is InChI=1S/C33H21N3/c1-3-11-27-23(7-1)9-5-13-29(27)32-30-19-18-24-8-2-4-12-28(24)31(30)35-33(36-32)25-16-14-22(15-17-25)26-10-6-20-34-21-26/h1-21H. The quantitative estimate of drug-likeness (QED) is 0.249. The molecule has 0 aliphatic rings. The molecule has 0 saturated carbocycles. The molecule has 36 heavy (non-hydrogen) atoms. The second-order valence-corrected chi connectivity index (χ2v) is 8.92. The molecular formula is C33H21N3. The lowest BCUT2D eigenvalue weighted by molar-refractivity contribution is 1.24. The van der Waals surface area contributed by atoms with Gasteiger partial charge in [0.2, 0.25) is 0 Å². The Kier molecular flexibility index (Phi) is 4.78. The molecule has 3 nitrogen and oxygen atoms in total. The van der Waals surface area contributed by atoms with Crippen molar-refractivity contribution in [2.24, 2.45) is 0 Å². The maximum absolute atomic E-state index is 5.18. The van der Waals surface area contributed by atoms with Gasteiger partial charge < -0.3 is 0 Å². The molecule has 7 rings (SSSR count). The zero-order valence-electron chi connectivity index (χ0n) is 19.5. The third kappa shape index (κ3) is 3.41. The molecule has 2 heterocycles. The number of pyridine rings is 1. The lowest BCUT2D eigenvalue weighted by atomic mass is 9.97. The summed E-state index contributed by atoms with van der Waals surface area (Å²) in [5.41, 5.74) is 6.23. The number of benzene rings is 5. The van der Waals surface area contributed by atoms with Gasteiger partial charge in [-0.25, -0.2) is 9.97 Å².